The van der Waals surface area contributed by atoms with Gasteiger partial charge >= 0.3 is 0 Å². The van der Waals surface area contributed by atoms with Crippen LogP contribution in [0.3, 0.4) is 0 Å². The number of nitrogens with zero attached hydrogens (tertiary/aromatic N) is 4. The van der Waals surface area contributed by atoms with Gasteiger partial charge in [0.15, 0.2) is 11.0 Å². The summed E-state index contributed by atoms with van der Waals surface area (Å²) in [7, 11) is 5.39. The zero-order chi connectivity index (χ0) is 18.3. The summed E-state index contributed by atoms with van der Waals surface area (Å²) in [6.07, 6.45) is 3.58. The minimum atomic E-state index is -0.205. The molecule has 8 heteroatoms. The van der Waals surface area contributed by atoms with Gasteiger partial charge in [0.1, 0.15) is 17.1 Å². The fourth-order valence-corrected chi connectivity index (χ4v) is 3.55. The second-order valence-corrected chi connectivity index (χ2v) is 6.73. The minimum Gasteiger partial charge on any atom is -0.497 e. The highest BCUT2D eigenvalue weighted by Gasteiger charge is 2.16. The molecule has 0 aliphatic heterocycles. The largest absolute Gasteiger partial charge is 0.497 e. The van der Waals surface area contributed by atoms with Gasteiger partial charge in [0.2, 0.25) is 0 Å². The molecule has 0 atom stereocenters. The van der Waals surface area contributed by atoms with Crippen LogP contribution >= 0.6 is 11.3 Å². The molecule has 3 aromatic heterocycles. The van der Waals surface area contributed by atoms with Gasteiger partial charge in [-0.1, -0.05) is 0 Å². The number of methoxy groups -OCH3 is 1. The first-order valence-corrected chi connectivity index (χ1v) is 8.83. The number of rotatable bonds is 4. The van der Waals surface area contributed by atoms with E-state index >= 15 is 0 Å². The lowest BCUT2D eigenvalue weighted by molar-refractivity contribution is 0.101. The standard InChI is InChI=1S/C18H17N5O2S/c1-22-7-6-19-16(22)13-10-26-18(20-13)21-17(24)15-8-11-4-5-12(25-3)9-14(11)23(15)2/h4-10H,1-3H3,(H,20,21,24). The number of ether oxygens (including phenoxy) is 1. The Kier molecular flexibility index (Phi) is 3.96. The van der Waals surface area contributed by atoms with Crippen LogP contribution in [-0.2, 0) is 14.1 Å². The first kappa shape index (κ1) is 16.3. The van der Waals surface area contributed by atoms with Crippen molar-refractivity contribution in [2.24, 2.45) is 14.1 Å². The molecule has 4 rings (SSSR count). The summed E-state index contributed by atoms with van der Waals surface area (Å²) in [5, 5.41) is 6.26. The van der Waals surface area contributed by atoms with Crippen LogP contribution in [0.1, 0.15) is 10.5 Å². The number of hydrogen-bond acceptors (Lipinski definition) is 5. The highest BCUT2D eigenvalue weighted by Crippen LogP contribution is 2.26. The third-order valence-electron chi connectivity index (χ3n) is 4.26. The first-order valence-electron chi connectivity index (χ1n) is 7.95. The summed E-state index contributed by atoms with van der Waals surface area (Å²) in [5.74, 6) is 1.31. The number of aryl methyl sites for hydroxylation is 2. The maximum Gasteiger partial charge on any atom is 0.274 e. The maximum atomic E-state index is 12.7. The molecule has 0 saturated heterocycles. The zero-order valence-electron chi connectivity index (χ0n) is 14.6. The van der Waals surface area contributed by atoms with Gasteiger partial charge in [-0.15, -0.1) is 11.3 Å². The van der Waals surface area contributed by atoms with E-state index in [-0.39, 0.29) is 5.91 Å². The first-order chi connectivity index (χ1) is 12.6. The Morgan fingerprint density at radius 3 is 2.85 bits per heavy atom. The van der Waals surface area contributed by atoms with Crippen molar-refractivity contribution in [2.75, 3.05) is 12.4 Å². The second-order valence-electron chi connectivity index (χ2n) is 5.87. The third-order valence-corrected chi connectivity index (χ3v) is 5.02. The van der Waals surface area contributed by atoms with E-state index in [0.717, 1.165) is 28.2 Å². The van der Waals surface area contributed by atoms with E-state index in [0.29, 0.717) is 10.8 Å². The van der Waals surface area contributed by atoms with Gasteiger partial charge in [0.05, 0.1) is 12.6 Å². The summed E-state index contributed by atoms with van der Waals surface area (Å²) in [6, 6.07) is 7.59. The number of aromatic nitrogens is 4. The number of nitrogens with one attached hydrogen (secondary N) is 1. The van der Waals surface area contributed by atoms with E-state index in [1.165, 1.54) is 11.3 Å². The monoisotopic (exact) mass is 367 g/mol. The number of thiazole rings is 1. The molecule has 1 N–H and O–H groups in total. The highest BCUT2D eigenvalue weighted by atomic mass is 32.1. The molecule has 1 aromatic carbocycles. The van der Waals surface area contributed by atoms with Crippen molar-refractivity contribution < 1.29 is 9.53 Å². The number of amides is 1. The van der Waals surface area contributed by atoms with Crippen molar-refractivity contribution in [3.63, 3.8) is 0 Å². The van der Waals surface area contributed by atoms with E-state index in [4.69, 9.17) is 4.74 Å². The molecule has 3 heterocycles. The van der Waals surface area contributed by atoms with E-state index in [1.54, 1.807) is 13.3 Å². The Morgan fingerprint density at radius 1 is 1.27 bits per heavy atom. The van der Waals surface area contributed by atoms with Gasteiger partial charge in [-0.3, -0.25) is 10.1 Å². The maximum absolute atomic E-state index is 12.7. The van der Waals surface area contributed by atoms with Crippen molar-refractivity contribution in [2.45, 2.75) is 0 Å². The second kappa shape index (κ2) is 6.30. The molecule has 0 radical (unpaired) electrons. The predicted octanol–water partition coefficient (Wildman–Crippen LogP) is 3.30. The molecule has 0 fully saturated rings. The fourth-order valence-electron chi connectivity index (χ4n) is 2.86. The molecule has 132 valence electrons. The lowest BCUT2D eigenvalue weighted by Crippen LogP contribution is -2.15. The normalized spacial score (nSPS) is 11.0. The average Bonchev–Trinajstić information content (AvgIpc) is 3.34. The third kappa shape index (κ3) is 2.74. The van der Waals surface area contributed by atoms with E-state index < -0.39 is 0 Å². The number of benzene rings is 1. The van der Waals surface area contributed by atoms with Crippen LogP contribution in [0.25, 0.3) is 22.4 Å². The average molecular weight is 367 g/mol. The molecular weight excluding hydrogens is 350 g/mol. The Morgan fingerprint density at radius 2 is 2.12 bits per heavy atom. The Bertz CT molecular complexity index is 1110. The smallest absolute Gasteiger partial charge is 0.274 e. The molecule has 0 aliphatic rings. The van der Waals surface area contributed by atoms with Crippen LogP contribution in [0.15, 0.2) is 42.0 Å². The molecule has 4 aromatic rings. The SMILES string of the molecule is COc1ccc2cc(C(=O)Nc3nc(-c4nccn4C)cs3)n(C)c2c1. The number of imidazole rings is 1. The topological polar surface area (TPSA) is 74.0 Å². The van der Waals surface area contributed by atoms with Gasteiger partial charge < -0.3 is 13.9 Å². The molecule has 0 aliphatic carbocycles. The van der Waals surface area contributed by atoms with Crippen LogP contribution in [0.4, 0.5) is 5.13 Å². The highest BCUT2D eigenvalue weighted by molar-refractivity contribution is 7.14. The number of anilines is 1. The summed E-state index contributed by atoms with van der Waals surface area (Å²) in [5.41, 5.74) is 2.23. The number of fused-ring (bicyclic) bond motifs is 1. The van der Waals surface area contributed by atoms with Gasteiger partial charge in [0, 0.05) is 43.3 Å². The fraction of sp³-hybridized carbons (Fsp3) is 0.167. The molecular formula is C18H17N5O2S. The Labute approximate surface area is 153 Å². The van der Waals surface area contributed by atoms with Crippen molar-refractivity contribution in [1.29, 1.82) is 0 Å². The van der Waals surface area contributed by atoms with E-state index in [1.807, 2.05) is 59.1 Å². The number of carbonyl (C=O) groups is 1. The summed E-state index contributed by atoms with van der Waals surface area (Å²) >= 11 is 1.37. The number of carbonyl (C=O) groups excluding carboxylic acids is 1. The van der Waals surface area contributed by atoms with Crippen molar-refractivity contribution in [1.82, 2.24) is 19.1 Å². The van der Waals surface area contributed by atoms with Crippen molar-refractivity contribution >= 4 is 33.3 Å². The Balaban J connectivity index is 1.61. The van der Waals surface area contributed by atoms with Crippen molar-refractivity contribution in [3.05, 3.63) is 47.7 Å². The number of hydrogen-bond donors (Lipinski definition) is 1. The van der Waals surface area contributed by atoms with Crippen LogP contribution in [-0.4, -0.2) is 32.1 Å². The van der Waals surface area contributed by atoms with Crippen LogP contribution in [0.2, 0.25) is 0 Å². The summed E-state index contributed by atoms with van der Waals surface area (Å²) in [4.78, 5) is 21.4. The lowest BCUT2D eigenvalue weighted by atomic mass is 10.2. The van der Waals surface area contributed by atoms with Gasteiger partial charge in [-0.05, 0) is 18.2 Å². The molecule has 1 amide bonds. The molecule has 0 spiro atoms. The Hall–Kier alpha value is -3.13. The predicted molar refractivity (Wildman–Crippen MR) is 102 cm³/mol. The van der Waals surface area contributed by atoms with Crippen LogP contribution in [0, 0.1) is 0 Å². The van der Waals surface area contributed by atoms with Crippen molar-refractivity contribution in [3.8, 4) is 17.3 Å². The lowest BCUT2D eigenvalue weighted by Gasteiger charge is -2.05. The molecule has 0 bridgehead atoms. The summed E-state index contributed by atoms with van der Waals surface area (Å²) in [6.45, 7) is 0. The van der Waals surface area contributed by atoms with Gasteiger partial charge in [0.25, 0.3) is 5.91 Å². The zero-order valence-corrected chi connectivity index (χ0v) is 15.4. The minimum absolute atomic E-state index is 0.205. The molecule has 0 saturated carbocycles. The molecule has 7 nitrogen and oxygen atoms in total. The van der Waals surface area contributed by atoms with Crippen LogP contribution in [0.5, 0.6) is 5.75 Å². The van der Waals surface area contributed by atoms with E-state index in [9.17, 15) is 4.79 Å². The summed E-state index contributed by atoms with van der Waals surface area (Å²) < 4.78 is 8.99. The molecule has 0 unspecified atom stereocenters. The van der Waals surface area contributed by atoms with Gasteiger partial charge in [-0.2, -0.15) is 0 Å². The van der Waals surface area contributed by atoms with E-state index in [2.05, 4.69) is 15.3 Å². The van der Waals surface area contributed by atoms with Crippen LogP contribution < -0.4 is 10.1 Å². The quantitative estimate of drug-likeness (QED) is 0.601. The van der Waals surface area contributed by atoms with Gasteiger partial charge in [-0.25, -0.2) is 9.97 Å². The molecule has 26 heavy (non-hydrogen) atoms.